The normalized spacial score (nSPS) is 20.0. The van der Waals surface area contributed by atoms with Crippen LogP contribution < -0.4 is 0 Å². The Kier molecular flexibility index (Phi) is 5.25. The first-order valence-corrected chi connectivity index (χ1v) is 10.1. The summed E-state index contributed by atoms with van der Waals surface area (Å²) in [7, 11) is 1.88. The van der Waals surface area contributed by atoms with Gasteiger partial charge in [-0.1, -0.05) is 30.3 Å². The van der Waals surface area contributed by atoms with Crippen LogP contribution in [0.2, 0.25) is 0 Å². The molecule has 148 valence electrons. The molecule has 2 aliphatic heterocycles. The fourth-order valence-corrected chi connectivity index (χ4v) is 4.70. The topological polar surface area (TPSA) is 53.8 Å². The summed E-state index contributed by atoms with van der Waals surface area (Å²) in [5, 5.41) is 0. The smallest absolute Gasteiger partial charge is 0.223 e. The van der Waals surface area contributed by atoms with Crippen LogP contribution in [0.25, 0.3) is 0 Å². The monoisotopic (exact) mass is 380 g/mol. The molecule has 5 nitrogen and oxygen atoms in total. The van der Waals surface area contributed by atoms with Gasteiger partial charge in [-0.2, -0.15) is 0 Å². The van der Waals surface area contributed by atoms with Crippen molar-refractivity contribution >= 4 is 11.8 Å². The molecule has 1 aromatic carbocycles. The molecule has 2 aromatic rings. The zero-order chi connectivity index (χ0) is 19.6. The van der Waals surface area contributed by atoms with Crippen molar-refractivity contribution in [1.29, 1.82) is 0 Å². The van der Waals surface area contributed by atoms with E-state index in [1.807, 2.05) is 47.2 Å². The number of furan rings is 1. The average Bonchev–Trinajstić information content (AvgIpc) is 3.31. The summed E-state index contributed by atoms with van der Waals surface area (Å²) < 4.78 is 5.64. The van der Waals surface area contributed by atoms with E-state index in [4.69, 9.17) is 4.42 Å². The van der Waals surface area contributed by atoms with Crippen molar-refractivity contribution in [2.45, 2.75) is 38.0 Å². The lowest BCUT2D eigenvalue weighted by Crippen LogP contribution is -2.44. The Morgan fingerprint density at radius 1 is 1.14 bits per heavy atom. The summed E-state index contributed by atoms with van der Waals surface area (Å²) >= 11 is 0. The maximum absolute atomic E-state index is 13.0. The third kappa shape index (κ3) is 3.98. The highest BCUT2D eigenvalue weighted by molar-refractivity contribution is 5.80. The van der Waals surface area contributed by atoms with Gasteiger partial charge >= 0.3 is 0 Å². The van der Waals surface area contributed by atoms with Gasteiger partial charge in [0.25, 0.3) is 0 Å². The number of hydrogen-bond acceptors (Lipinski definition) is 3. The maximum atomic E-state index is 13.0. The number of benzene rings is 1. The van der Waals surface area contributed by atoms with E-state index in [0.29, 0.717) is 12.8 Å². The Morgan fingerprint density at radius 2 is 1.89 bits per heavy atom. The molecule has 4 rings (SSSR count). The largest absolute Gasteiger partial charge is 0.469 e. The highest BCUT2D eigenvalue weighted by atomic mass is 16.3. The van der Waals surface area contributed by atoms with E-state index in [0.717, 1.165) is 44.7 Å². The van der Waals surface area contributed by atoms with Gasteiger partial charge in [-0.25, -0.2) is 0 Å². The van der Waals surface area contributed by atoms with Crippen LogP contribution in [0.5, 0.6) is 0 Å². The third-order valence-corrected chi connectivity index (χ3v) is 6.39. The van der Waals surface area contributed by atoms with Gasteiger partial charge in [-0.15, -0.1) is 0 Å². The SMILES string of the molecule is CN1CC2(CCN(C(=O)C[C@H](Cc3ccccc3)c3ccco3)CC2)CC1=O. The molecule has 0 N–H and O–H groups in total. The third-order valence-electron chi connectivity index (χ3n) is 6.39. The van der Waals surface area contributed by atoms with E-state index in [1.54, 1.807) is 6.26 Å². The summed E-state index contributed by atoms with van der Waals surface area (Å²) in [4.78, 5) is 28.8. The summed E-state index contributed by atoms with van der Waals surface area (Å²) in [5.41, 5.74) is 1.29. The molecule has 0 aliphatic carbocycles. The molecular weight excluding hydrogens is 352 g/mol. The molecule has 5 heteroatoms. The molecule has 0 bridgehead atoms. The first-order chi connectivity index (χ1) is 13.5. The first-order valence-electron chi connectivity index (χ1n) is 10.1. The molecule has 28 heavy (non-hydrogen) atoms. The molecule has 0 radical (unpaired) electrons. The van der Waals surface area contributed by atoms with E-state index in [9.17, 15) is 9.59 Å². The Balaban J connectivity index is 1.39. The molecule has 2 aliphatic rings. The van der Waals surface area contributed by atoms with Crippen molar-refractivity contribution in [1.82, 2.24) is 9.80 Å². The van der Waals surface area contributed by atoms with Crippen LogP contribution in [0.4, 0.5) is 0 Å². The molecule has 1 atom stereocenters. The number of rotatable bonds is 5. The Morgan fingerprint density at radius 3 is 2.50 bits per heavy atom. The van der Waals surface area contributed by atoms with Crippen LogP contribution in [0.15, 0.2) is 53.1 Å². The minimum atomic E-state index is 0.0416. The van der Waals surface area contributed by atoms with Gasteiger partial charge in [0, 0.05) is 50.9 Å². The van der Waals surface area contributed by atoms with E-state index >= 15 is 0 Å². The van der Waals surface area contributed by atoms with E-state index in [-0.39, 0.29) is 23.1 Å². The number of nitrogens with zero attached hydrogens (tertiary/aromatic N) is 2. The maximum Gasteiger partial charge on any atom is 0.223 e. The summed E-state index contributed by atoms with van der Waals surface area (Å²) in [6.45, 7) is 2.32. The van der Waals surface area contributed by atoms with Crippen molar-refractivity contribution in [3.05, 3.63) is 60.1 Å². The fourth-order valence-electron chi connectivity index (χ4n) is 4.70. The summed E-state index contributed by atoms with van der Waals surface area (Å²) in [5.74, 6) is 1.33. The van der Waals surface area contributed by atoms with Crippen LogP contribution in [0.1, 0.15) is 42.9 Å². The zero-order valence-electron chi connectivity index (χ0n) is 16.5. The number of piperidine rings is 1. The molecule has 2 fully saturated rings. The van der Waals surface area contributed by atoms with Gasteiger partial charge < -0.3 is 14.2 Å². The molecule has 2 amide bonds. The van der Waals surface area contributed by atoms with E-state index < -0.39 is 0 Å². The van der Waals surface area contributed by atoms with Gasteiger partial charge in [-0.05, 0) is 37.0 Å². The van der Waals surface area contributed by atoms with Crippen LogP contribution in [0.3, 0.4) is 0 Å². The lowest BCUT2D eigenvalue weighted by atomic mass is 9.77. The molecule has 1 aromatic heterocycles. The van der Waals surface area contributed by atoms with Crippen molar-refractivity contribution in [3.63, 3.8) is 0 Å². The van der Waals surface area contributed by atoms with Crippen molar-refractivity contribution in [2.75, 3.05) is 26.7 Å². The molecule has 1 spiro atoms. The Bertz CT molecular complexity index is 808. The molecule has 0 saturated carbocycles. The predicted molar refractivity (Wildman–Crippen MR) is 107 cm³/mol. The van der Waals surface area contributed by atoms with Gasteiger partial charge in [0.15, 0.2) is 0 Å². The zero-order valence-corrected chi connectivity index (χ0v) is 16.5. The number of carbonyl (C=O) groups is 2. The number of likely N-dealkylation sites (tertiary alicyclic amines) is 2. The minimum Gasteiger partial charge on any atom is -0.469 e. The van der Waals surface area contributed by atoms with Crippen LogP contribution in [-0.2, 0) is 16.0 Å². The minimum absolute atomic E-state index is 0.0416. The lowest BCUT2D eigenvalue weighted by molar-refractivity contribution is -0.134. The Labute approximate surface area is 166 Å². The van der Waals surface area contributed by atoms with Crippen molar-refractivity contribution < 1.29 is 14.0 Å². The quantitative estimate of drug-likeness (QED) is 0.798. The van der Waals surface area contributed by atoms with Gasteiger partial charge in [0.2, 0.25) is 11.8 Å². The van der Waals surface area contributed by atoms with Gasteiger partial charge in [0.1, 0.15) is 5.76 Å². The van der Waals surface area contributed by atoms with Crippen LogP contribution in [0, 0.1) is 5.41 Å². The van der Waals surface area contributed by atoms with Crippen molar-refractivity contribution in [2.24, 2.45) is 5.41 Å². The Hall–Kier alpha value is -2.56. The number of hydrogen-bond donors (Lipinski definition) is 0. The average molecular weight is 380 g/mol. The van der Waals surface area contributed by atoms with E-state index in [2.05, 4.69) is 12.1 Å². The predicted octanol–water partition coefficient (Wildman–Crippen LogP) is 3.47. The number of carbonyl (C=O) groups excluding carboxylic acids is 2. The fraction of sp³-hybridized carbons (Fsp3) is 0.478. The summed E-state index contributed by atoms with van der Waals surface area (Å²) in [6.07, 6.45) is 5.38. The number of amides is 2. The molecule has 3 heterocycles. The molecule has 2 saturated heterocycles. The van der Waals surface area contributed by atoms with Gasteiger partial charge in [-0.3, -0.25) is 9.59 Å². The second kappa shape index (κ2) is 7.82. The molecular formula is C23H28N2O3. The highest BCUT2D eigenvalue weighted by Gasteiger charge is 2.44. The summed E-state index contributed by atoms with van der Waals surface area (Å²) in [6, 6.07) is 14.1. The van der Waals surface area contributed by atoms with Crippen LogP contribution in [-0.4, -0.2) is 48.3 Å². The van der Waals surface area contributed by atoms with Crippen molar-refractivity contribution in [3.8, 4) is 0 Å². The van der Waals surface area contributed by atoms with E-state index in [1.165, 1.54) is 5.56 Å². The lowest BCUT2D eigenvalue weighted by Gasteiger charge is -2.39. The standard InChI is InChI=1S/C23H28N2O3/c1-24-17-23(16-22(24)27)9-11-25(12-10-23)21(26)15-19(20-8-5-13-28-20)14-18-6-3-2-4-7-18/h2-8,13,19H,9-12,14-17H2,1H3/t19-/m0/s1. The van der Waals surface area contributed by atoms with Gasteiger partial charge in [0.05, 0.1) is 6.26 Å². The second-order valence-electron chi connectivity index (χ2n) is 8.41. The second-order valence-corrected chi connectivity index (χ2v) is 8.41. The van der Waals surface area contributed by atoms with Crippen LogP contribution >= 0.6 is 0 Å². The highest BCUT2D eigenvalue weighted by Crippen LogP contribution is 2.40. The first kappa shape index (κ1) is 18.8. The molecule has 0 unspecified atom stereocenters.